The summed E-state index contributed by atoms with van der Waals surface area (Å²) in [4.78, 5) is 0. The van der Waals surface area contributed by atoms with Crippen LogP contribution in [-0.2, 0) is 0 Å². The summed E-state index contributed by atoms with van der Waals surface area (Å²) in [5.41, 5.74) is 6.49. The average molecular weight is 145 g/mol. The van der Waals surface area contributed by atoms with Crippen molar-refractivity contribution in [3.63, 3.8) is 0 Å². The molecule has 2 atom stereocenters. The van der Waals surface area contributed by atoms with Crippen LogP contribution in [0.4, 0.5) is 0 Å². The van der Waals surface area contributed by atoms with E-state index in [1.54, 1.807) is 0 Å². The van der Waals surface area contributed by atoms with Crippen LogP contribution in [0.25, 0.3) is 0 Å². The highest BCUT2D eigenvalue weighted by Crippen LogP contribution is 2.22. The van der Waals surface area contributed by atoms with Crippen LogP contribution in [-0.4, -0.2) is 14.1 Å². The summed E-state index contributed by atoms with van der Waals surface area (Å²) in [7, 11) is -0.949. The van der Waals surface area contributed by atoms with E-state index in [1.165, 1.54) is 0 Å². The SMILES string of the molecule is CC(N)C(C)[Si](C)(C)C. The molecule has 9 heavy (non-hydrogen) atoms. The minimum atomic E-state index is -0.949. The first-order chi connectivity index (χ1) is 3.85. The van der Waals surface area contributed by atoms with Gasteiger partial charge in [0, 0.05) is 14.1 Å². The van der Waals surface area contributed by atoms with Gasteiger partial charge in [-0.2, -0.15) is 0 Å². The lowest BCUT2D eigenvalue weighted by Gasteiger charge is -2.28. The maximum absolute atomic E-state index is 5.76. The van der Waals surface area contributed by atoms with Gasteiger partial charge < -0.3 is 5.73 Å². The average Bonchev–Trinajstić information content (AvgIpc) is 1.62. The molecule has 0 aromatic carbocycles. The molecule has 0 spiro atoms. The van der Waals surface area contributed by atoms with Crippen molar-refractivity contribution in [2.75, 3.05) is 0 Å². The molecule has 0 aliphatic carbocycles. The molecule has 0 amide bonds. The van der Waals surface area contributed by atoms with Crippen LogP contribution < -0.4 is 5.73 Å². The number of hydrogen-bond donors (Lipinski definition) is 1. The van der Waals surface area contributed by atoms with E-state index in [2.05, 4.69) is 33.5 Å². The lowest BCUT2D eigenvalue weighted by molar-refractivity contribution is 0.691. The first-order valence-corrected chi connectivity index (χ1v) is 7.19. The Balaban J connectivity index is 3.88. The maximum Gasteiger partial charge on any atom is 0.0487 e. The lowest BCUT2D eigenvalue weighted by Crippen LogP contribution is -2.37. The first kappa shape index (κ1) is 9.18. The lowest BCUT2D eigenvalue weighted by atomic mass is 10.3. The van der Waals surface area contributed by atoms with Gasteiger partial charge in [0.25, 0.3) is 0 Å². The molecule has 0 fully saturated rings. The highest BCUT2D eigenvalue weighted by molar-refractivity contribution is 6.77. The van der Waals surface area contributed by atoms with E-state index in [-0.39, 0.29) is 0 Å². The quantitative estimate of drug-likeness (QED) is 0.591. The van der Waals surface area contributed by atoms with Crippen LogP contribution in [0, 0.1) is 0 Å². The van der Waals surface area contributed by atoms with Crippen LogP contribution >= 0.6 is 0 Å². The summed E-state index contributed by atoms with van der Waals surface area (Å²) >= 11 is 0. The fourth-order valence-electron chi connectivity index (χ4n) is 0.789. The fraction of sp³-hybridized carbons (Fsp3) is 1.00. The van der Waals surface area contributed by atoms with Crippen molar-refractivity contribution in [1.82, 2.24) is 0 Å². The summed E-state index contributed by atoms with van der Waals surface area (Å²) in [6.07, 6.45) is 0. The molecule has 2 heteroatoms. The largest absolute Gasteiger partial charge is 0.328 e. The fourth-order valence-corrected chi connectivity index (χ4v) is 2.37. The Kier molecular flexibility index (Phi) is 2.90. The number of hydrogen-bond acceptors (Lipinski definition) is 1. The molecule has 0 saturated carbocycles. The van der Waals surface area contributed by atoms with Crippen molar-refractivity contribution in [2.45, 2.75) is 45.1 Å². The van der Waals surface area contributed by atoms with E-state index in [4.69, 9.17) is 5.73 Å². The van der Waals surface area contributed by atoms with E-state index >= 15 is 0 Å². The molecule has 0 bridgehead atoms. The third kappa shape index (κ3) is 3.01. The summed E-state index contributed by atoms with van der Waals surface area (Å²) in [5, 5.41) is 0. The van der Waals surface area contributed by atoms with Crippen molar-refractivity contribution in [3.8, 4) is 0 Å². The number of rotatable bonds is 2. The third-order valence-corrected chi connectivity index (χ3v) is 5.41. The van der Waals surface area contributed by atoms with Gasteiger partial charge in [-0.3, -0.25) is 0 Å². The summed E-state index contributed by atoms with van der Waals surface area (Å²) in [6.45, 7) is 11.4. The first-order valence-electron chi connectivity index (χ1n) is 3.61. The third-order valence-electron chi connectivity index (χ3n) is 2.15. The van der Waals surface area contributed by atoms with Crippen molar-refractivity contribution in [1.29, 1.82) is 0 Å². The van der Waals surface area contributed by atoms with Gasteiger partial charge in [0.05, 0.1) is 0 Å². The van der Waals surface area contributed by atoms with Gasteiger partial charge >= 0.3 is 0 Å². The highest BCUT2D eigenvalue weighted by Gasteiger charge is 2.24. The molecular formula is C7H19NSi. The van der Waals surface area contributed by atoms with E-state index in [0.717, 1.165) is 5.54 Å². The molecule has 2 unspecified atom stereocenters. The maximum atomic E-state index is 5.76. The van der Waals surface area contributed by atoms with Crippen LogP contribution in [0.3, 0.4) is 0 Å². The van der Waals surface area contributed by atoms with Crippen molar-refractivity contribution >= 4 is 8.07 Å². The van der Waals surface area contributed by atoms with Crippen LogP contribution in [0.2, 0.25) is 25.2 Å². The van der Waals surface area contributed by atoms with Crippen molar-refractivity contribution in [3.05, 3.63) is 0 Å². The molecule has 0 aromatic rings. The van der Waals surface area contributed by atoms with Gasteiger partial charge in [0.1, 0.15) is 0 Å². The van der Waals surface area contributed by atoms with Gasteiger partial charge in [-0.25, -0.2) is 0 Å². The van der Waals surface area contributed by atoms with Gasteiger partial charge in [-0.15, -0.1) is 0 Å². The standard InChI is InChI=1S/C7H19NSi/c1-6(8)7(2)9(3,4)5/h6-7H,8H2,1-5H3. The van der Waals surface area contributed by atoms with E-state index < -0.39 is 8.07 Å². The van der Waals surface area contributed by atoms with Crippen LogP contribution in [0.15, 0.2) is 0 Å². The predicted octanol–water partition coefficient (Wildman–Crippen LogP) is 2.06. The topological polar surface area (TPSA) is 26.0 Å². The van der Waals surface area contributed by atoms with Gasteiger partial charge in [0.15, 0.2) is 0 Å². The summed E-state index contributed by atoms with van der Waals surface area (Å²) in [6, 6.07) is 0.372. The molecule has 2 N–H and O–H groups in total. The normalized spacial score (nSPS) is 19.3. The minimum Gasteiger partial charge on any atom is -0.328 e. The predicted molar refractivity (Wildman–Crippen MR) is 46.4 cm³/mol. The molecule has 1 nitrogen and oxygen atoms in total. The van der Waals surface area contributed by atoms with E-state index in [1.807, 2.05) is 0 Å². The van der Waals surface area contributed by atoms with Crippen LogP contribution in [0.5, 0.6) is 0 Å². The zero-order chi connectivity index (χ0) is 7.65. The molecule has 0 aromatic heterocycles. The summed E-state index contributed by atoms with van der Waals surface area (Å²) < 4.78 is 0. The van der Waals surface area contributed by atoms with Crippen LogP contribution in [0.1, 0.15) is 13.8 Å². The van der Waals surface area contributed by atoms with Gasteiger partial charge in [0.2, 0.25) is 0 Å². The Morgan fingerprint density at radius 3 is 1.44 bits per heavy atom. The zero-order valence-electron chi connectivity index (χ0n) is 7.23. The smallest absolute Gasteiger partial charge is 0.0487 e. The van der Waals surface area contributed by atoms with E-state index in [0.29, 0.717) is 6.04 Å². The second kappa shape index (κ2) is 2.84. The molecule has 0 aliphatic heterocycles. The van der Waals surface area contributed by atoms with E-state index in [9.17, 15) is 0 Å². The molecule has 0 rings (SSSR count). The Morgan fingerprint density at radius 2 is 1.44 bits per heavy atom. The Morgan fingerprint density at radius 1 is 1.11 bits per heavy atom. The molecule has 0 saturated heterocycles. The highest BCUT2D eigenvalue weighted by atomic mass is 28.3. The Hall–Kier alpha value is 0.177. The van der Waals surface area contributed by atoms with Crippen molar-refractivity contribution in [2.24, 2.45) is 5.73 Å². The molecule has 0 heterocycles. The number of nitrogens with two attached hydrogens (primary N) is 1. The molecule has 56 valence electrons. The Bertz CT molecular complexity index is 83.4. The van der Waals surface area contributed by atoms with Gasteiger partial charge in [-0.05, 0) is 5.54 Å². The monoisotopic (exact) mass is 145 g/mol. The molecule has 0 aliphatic rings. The Labute approximate surface area is 59.6 Å². The minimum absolute atomic E-state index is 0.372. The van der Waals surface area contributed by atoms with Crippen molar-refractivity contribution < 1.29 is 0 Å². The van der Waals surface area contributed by atoms with Gasteiger partial charge in [-0.1, -0.05) is 33.5 Å². The molecule has 0 radical (unpaired) electrons. The second-order valence-corrected chi connectivity index (χ2v) is 9.66. The second-order valence-electron chi connectivity index (χ2n) is 4.01. The zero-order valence-corrected chi connectivity index (χ0v) is 8.23. The summed E-state index contributed by atoms with van der Waals surface area (Å²) in [5.74, 6) is 0. The molecular weight excluding hydrogens is 126 g/mol.